The van der Waals surface area contributed by atoms with Crippen LogP contribution in [0, 0.1) is 0 Å². The van der Waals surface area contributed by atoms with Crippen LogP contribution in [0.5, 0.6) is 0 Å². The molecule has 80 valence electrons. The summed E-state index contributed by atoms with van der Waals surface area (Å²) in [5.74, 6) is -0.833. The Morgan fingerprint density at radius 3 is 1.86 bits per heavy atom. The normalized spacial score (nSPS) is 7.43. The molecule has 3 nitrogen and oxygen atoms in total. The van der Waals surface area contributed by atoms with E-state index < -0.39 is 5.97 Å². The molecule has 1 aromatic rings. The van der Waals surface area contributed by atoms with Gasteiger partial charge in [-0.2, -0.15) is 0 Å². The van der Waals surface area contributed by atoms with Crippen LogP contribution in [-0.4, -0.2) is 21.1 Å². The lowest BCUT2D eigenvalue weighted by atomic mass is 10.2. The number of aliphatic hydroxyl groups excluding tert-OH is 1. The monoisotopic (exact) mass is 310 g/mol. The standard InChI is InChI=1S/C7H8O.C2H4O2.CH3I/c8-6-7-4-2-1-3-5-7;1-2(3)4;1-2/h1-5,8H,6H2;1H3,(H,3,4);1H3. The molecule has 14 heavy (non-hydrogen) atoms. The van der Waals surface area contributed by atoms with Gasteiger partial charge in [-0.1, -0.05) is 52.9 Å². The zero-order valence-electron chi connectivity index (χ0n) is 8.27. The van der Waals surface area contributed by atoms with E-state index in [1.165, 1.54) is 0 Å². The highest BCUT2D eigenvalue weighted by atomic mass is 127. The van der Waals surface area contributed by atoms with Crippen molar-refractivity contribution >= 4 is 28.6 Å². The second kappa shape index (κ2) is 12.4. The van der Waals surface area contributed by atoms with Crippen molar-refractivity contribution < 1.29 is 15.0 Å². The van der Waals surface area contributed by atoms with Crippen LogP contribution in [0.4, 0.5) is 0 Å². The Kier molecular flexibility index (Phi) is 14.0. The largest absolute Gasteiger partial charge is 0.481 e. The van der Waals surface area contributed by atoms with E-state index in [0.29, 0.717) is 0 Å². The highest BCUT2D eigenvalue weighted by Gasteiger charge is 1.81. The number of rotatable bonds is 1. The van der Waals surface area contributed by atoms with Crippen molar-refractivity contribution in [3.8, 4) is 0 Å². The second-order valence-electron chi connectivity index (χ2n) is 2.16. The summed E-state index contributed by atoms with van der Waals surface area (Å²) in [6.45, 7) is 1.22. The number of aliphatic carboxylic acids is 1. The van der Waals surface area contributed by atoms with Crippen molar-refractivity contribution in [1.82, 2.24) is 0 Å². The molecule has 2 N–H and O–H groups in total. The molecule has 0 aromatic heterocycles. The lowest BCUT2D eigenvalue weighted by Gasteiger charge is -1.89. The van der Waals surface area contributed by atoms with Crippen molar-refractivity contribution in [3.05, 3.63) is 35.9 Å². The molecule has 0 bridgehead atoms. The SMILES string of the molecule is CC(=O)O.CI.OCc1ccccc1. The Hall–Kier alpha value is -0.620. The zero-order chi connectivity index (χ0) is 11.4. The lowest BCUT2D eigenvalue weighted by molar-refractivity contribution is -0.134. The van der Waals surface area contributed by atoms with Crippen molar-refractivity contribution in [2.24, 2.45) is 0 Å². The Morgan fingerprint density at radius 1 is 1.29 bits per heavy atom. The summed E-state index contributed by atoms with van der Waals surface area (Å²) in [4.78, 5) is 11.0. The Labute approximate surface area is 97.9 Å². The average molecular weight is 310 g/mol. The van der Waals surface area contributed by atoms with Gasteiger partial charge in [-0.3, -0.25) is 4.79 Å². The van der Waals surface area contributed by atoms with E-state index in [4.69, 9.17) is 15.0 Å². The summed E-state index contributed by atoms with van der Waals surface area (Å²) >= 11 is 2.15. The van der Waals surface area contributed by atoms with Crippen LogP contribution >= 0.6 is 22.6 Å². The fraction of sp³-hybridized carbons (Fsp3) is 0.300. The summed E-state index contributed by atoms with van der Waals surface area (Å²) in [5, 5.41) is 16.0. The van der Waals surface area contributed by atoms with Gasteiger partial charge in [0.25, 0.3) is 5.97 Å². The topological polar surface area (TPSA) is 57.5 Å². The van der Waals surface area contributed by atoms with Gasteiger partial charge in [0.1, 0.15) is 0 Å². The minimum atomic E-state index is -0.833. The number of hydrogen-bond donors (Lipinski definition) is 2. The maximum absolute atomic E-state index is 9.00. The highest BCUT2D eigenvalue weighted by molar-refractivity contribution is 14.1. The summed E-state index contributed by atoms with van der Waals surface area (Å²) < 4.78 is 0. The summed E-state index contributed by atoms with van der Waals surface area (Å²) in [6.07, 6.45) is 0. The van der Waals surface area contributed by atoms with Gasteiger partial charge in [-0.15, -0.1) is 0 Å². The lowest BCUT2D eigenvalue weighted by Crippen LogP contribution is -1.78. The van der Waals surface area contributed by atoms with Crippen LogP contribution in [0.25, 0.3) is 0 Å². The molecule has 0 spiro atoms. The van der Waals surface area contributed by atoms with Crippen molar-refractivity contribution in [2.45, 2.75) is 13.5 Å². The number of aliphatic hydroxyl groups is 1. The molecule has 0 radical (unpaired) electrons. The second-order valence-corrected chi connectivity index (χ2v) is 2.16. The Bertz CT molecular complexity index is 220. The fourth-order valence-corrected chi connectivity index (χ4v) is 0.583. The summed E-state index contributed by atoms with van der Waals surface area (Å²) in [7, 11) is 0. The third kappa shape index (κ3) is 13.9. The fourth-order valence-electron chi connectivity index (χ4n) is 0.583. The zero-order valence-corrected chi connectivity index (χ0v) is 10.4. The predicted octanol–water partition coefficient (Wildman–Crippen LogP) is 2.32. The van der Waals surface area contributed by atoms with E-state index in [1.54, 1.807) is 0 Å². The first-order valence-electron chi connectivity index (χ1n) is 3.89. The van der Waals surface area contributed by atoms with Crippen molar-refractivity contribution in [2.75, 3.05) is 4.93 Å². The minimum Gasteiger partial charge on any atom is -0.481 e. The first kappa shape index (κ1) is 15.8. The molecule has 4 heteroatoms. The van der Waals surface area contributed by atoms with Gasteiger partial charge < -0.3 is 10.2 Å². The van der Waals surface area contributed by atoms with Gasteiger partial charge in [-0.05, 0) is 10.5 Å². The molecule has 0 saturated carbocycles. The molecule has 1 rings (SSSR count). The van der Waals surface area contributed by atoms with Gasteiger partial charge in [0.2, 0.25) is 0 Å². The van der Waals surface area contributed by atoms with Crippen LogP contribution in [0.15, 0.2) is 30.3 Å². The Balaban J connectivity index is 0. The maximum Gasteiger partial charge on any atom is 0.300 e. The number of carboxylic acids is 1. The van der Waals surface area contributed by atoms with Gasteiger partial charge in [0.15, 0.2) is 0 Å². The Morgan fingerprint density at radius 2 is 1.64 bits per heavy atom. The van der Waals surface area contributed by atoms with E-state index in [1.807, 2.05) is 35.3 Å². The van der Waals surface area contributed by atoms with E-state index in [-0.39, 0.29) is 6.61 Å². The third-order valence-corrected chi connectivity index (χ3v) is 1.03. The van der Waals surface area contributed by atoms with E-state index >= 15 is 0 Å². The molecule has 0 unspecified atom stereocenters. The molecule has 0 aliphatic rings. The molecular formula is C10H15IO3. The van der Waals surface area contributed by atoms with Gasteiger partial charge in [-0.25, -0.2) is 0 Å². The first-order valence-corrected chi connectivity index (χ1v) is 6.04. The van der Waals surface area contributed by atoms with Crippen LogP contribution < -0.4 is 0 Å². The van der Waals surface area contributed by atoms with Gasteiger partial charge >= 0.3 is 0 Å². The number of carbonyl (C=O) groups is 1. The van der Waals surface area contributed by atoms with E-state index in [2.05, 4.69) is 22.6 Å². The molecule has 0 fully saturated rings. The molecule has 0 atom stereocenters. The van der Waals surface area contributed by atoms with E-state index in [0.717, 1.165) is 12.5 Å². The quantitative estimate of drug-likeness (QED) is 0.618. The van der Waals surface area contributed by atoms with Gasteiger partial charge in [0.05, 0.1) is 6.61 Å². The van der Waals surface area contributed by atoms with Crippen LogP contribution in [0.3, 0.4) is 0 Å². The molecule has 0 aliphatic carbocycles. The van der Waals surface area contributed by atoms with Crippen LogP contribution in [0.2, 0.25) is 0 Å². The first-order chi connectivity index (χ1) is 6.66. The highest BCUT2D eigenvalue weighted by Crippen LogP contribution is 1.95. The average Bonchev–Trinajstić information content (AvgIpc) is 2.21. The summed E-state index contributed by atoms with van der Waals surface area (Å²) in [6, 6.07) is 9.52. The number of benzene rings is 1. The predicted molar refractivity (Wildman–Crippen MR) is 65.6 cm³/mol. The molecule has 0 amide bonds. The molecule has 0 aliphatic heterocycles. The third-order valence-electron chi connectivity index (χ3n) is 1.03. The summed E-state index contributed by atoms with van der Waals surface area (Å²) in [5.41, 5.74) is 0.965. The number of carboxylic acid groups (broad SMARTS) is 1. The van der Waals surface area contributed by atoms with Crippen LogP contribution in [-0.2, 0) is 11.4 Å². The van der Waals surface area contributed by atoms with Gasteiger partial charge in [0, 0.05) is 6.92 Å². The number of hydrogen-bond acceptors (Lipinski definition) is 2. The smallest absolute Gasteiger partial charge is 0.300 e. The molecule has 1 aromatic carbocycles. The van der Waals surface area contributed by atoms with E-state index in [9.17, 15) is 0 Å². The van der Waals surface area contributed by atoms with Crippen molar-refractivity contribution in [3.63, 3.8) is 0 Å². The molecule has 0 saturated heterocycles. The maximum atomic E-state index is 9.00. The molecular weight excluding hydrogens is 295 g/mol. The number of halogens is 1. The van der Waals surface area contributed by atoms with Crippen LogP contribution in [0.1, 0.15) is 12.5 Å². The minimum absolute atomic E-state index is 0.140. The number of alkyl halides is 1. The van der Waals surface area contributed by atoms with Crippen molar-refractivity contribution in [1.29, 1.82) is 0 Å². The molecule has 0 heterocycles.